The Bertz CT molecular complexity index is 845. The van der Waals surface area contributed by atoms with Crippen molar-refractivity contribution in [3.8, 4) is 6.07 Å². The van der Waals surface area contributed by atoms with E-state index < -0.39 is 11.2 Å². The highest BCUT2D eigenvalue weighted by Gasteiger charge is 2.07. The number of aryl methyl sites for hydroxylation is 1. The molecule has 0 saturated carbocycles. The average molecular weight is 325 g/mol. The Morgan fingerprint density at radius 2 is 2.25 bits per heavy atom. The van der Waals surface area contributed by atoms with E-state index in [9.17, 15) is 9.59 Å². The normalized spacial score (nSPS) is 12.1. The van der Waals surface area contributed by atoms with Gasteiger partial charge in [0.15, 0.2) is 0 Å². The van der Waals surface area contributed by atoms with Crippen molar-refractivity contribution < 1.29 is 4.74 Å². The maximum Gasteiger partial charge on any atom is 0.328 e. The van der Waals surface area contributed by atoms with Crippen molar-refractivity contribution in [2.75, 3.05) is 0 Å². The molecule has 0 saturated heterocycles. The first-order valence-electron chi connectivity index (χ1n) is 7.27. The van der Waals surface area contributed by atoms with Crippen molar-refractivity contribution in [1.82, 2.24) is 9.55 Å². The van der Waals surface area contributed by atoms with Crippen molar-refractivity contribution in [3.05, 3.63) is 88.0 Å². The zero-order valence-corrected chi connectivity index (χ0v) is 13.5. The molecular weight excluding hydrogens is 306 g/mol. The standard InChI is InChI=1S/C10H12N2O3.C8H7N/c1-4-12-6-8(7(3)15-5-2)9(13)11-10(12)14;9-7-8-5-3-1-2-4-6-8/h5-6H,2-4H2,1H3,(H,11,13,14);1-3,5-6H,4H2. The van der Waals surface area contributed by atoms with Gasteiger partial charge in [-0.2, -0.15) is 5.26 Å². The lowest BCUT2D eigenvalue weighted by Crippen LogP contribution is -2.31. The van der Waals surface area contributed by atoms with Crippen LogP contribution in [0, 0.1) is 11.3 Å². The number of hydrogen-bond acceptors (Lipinski definition) is 4. The molecule has 0 aromatic carbocycles. The van der Waals surface area contributed by atoms with E-state index in [1.54, 1.807) is 6.92 Å². The third-order valence-electron chi connectivity index (χ3n) is 3.00. The Morgan fingerprint density at radius 3 is 2.88 bits per heavy atom. The molecule has 0 unspecified atom stereocenters. The van der Waals surface area contributed by atoms with Gasteiger partial charge in [-0.05, 0) is 19.4 Å². The summed E-state index contributed by atoms with van der Waals surface area (Å²) >= 11 is 0. The third kappa shape index (κ3) is 5.46. The summed E-state index contributed by atoms with van der Waals surface area (Å²) in [6.07, 6.45) is 13.0. The molecule has 2 rings (SSSR count). The number of H-pyrrole nitrogens is 1. The van der Waals surface area contributed by atoms with Crippen molar-refractivity contribution in [1.29, 1.82) is 5.26 Å². The van der Waals surface area contributed by atoms with Crippen molar-refractivity contribution in [2.45, 2.75) is 19.9 Å². The summed E-state index contributed by atoms with van der Waals surface area (Å²) in [5.74, 6) is 0.161. The molecule has 1 aliphatic carbocycles. The highest BCUT2D eigenvalue weighted by atomic mass is 16.5. The molecular formula is C18H19N3O3. The zero-order chi connectivity index (χ0) is 17.9. The third-order valence-corrected chi connectivity index (χ3v) is 3.00. The van der Waals surface area contributed by atoms with E-state index in [1.807, 2.05) is 30.4 Å². The minimum Gasteiger partial charge on any atom is -0.465 e. The first kappa shape index (κ1) is 18.7. The Hall–Kier alpha value is -3.33. The van der Waals surface area contributed by atoms with Crippen LogP contribution in [0.25, 0.3) is 5.76 Å². The Balaban J connectivity index is 0.000000272. The number of nitrogens with zero attached hydrogens (tertiary/aromatic N) is 2. The number of hydrogen-bond donors (Lipinski definition) is 1. The van der Waals surface area contributed by atoms with Crippen LogP contribution in [0.15, 0.2) is 71.2 Å². The number of nitrogens with one attached hydrogen (secondary N) is 1. The number of ether oxygens (including phenoxy) is 1. The molecule has 0 atom stereocenters. The first-order chi connectivity index (χ1) is 11.5. The van der Waals surface area contributed by atoms with E-state index in [0.717, 1.165) is 12.0 Å². The van der Waals surface area contributed by atoms with Crippen LogP contribution in [0.1, 0.15) is 18.9 Å². The van der Waals surface area contributed by atoms with Crippen LogP contribution in [-0.2, 0) is 11.3 Å². The van der Waals surface area contributed by atoms with Gasteiger partial charge >= 0.3 is 5.69 Å². The average Bonchev–Trinajstić information content (AvgIpc) is 2.84. The smallest absolute Gasteiger partial charge is 0.328 e. The summed E-state index contributed by atoms with van der Waals surface area (Å²) in [7, 11) is 0. The van der Waals surface area contributed by atoms with Gasteiger partial charge in [-0.15, -0.1) is 0 Å². The summed E-state index contributed by atoms with van der Waals surface area (Å²) in [5, 5.41) is 8.42. The van der Waals surface area contributed by atoms with Gasteiger partial charge in [0, 0.05) is 18.3 Å². The van der Waals surface area contributed by atoms with Crippen LogP contribution in [0.3, 0.4) is 0 Å². The summed E-state index contributed by atoms with van der Waals surface area (Å²) < 4.78 is 6.24. The van der Waals surface area contributed by atoms with Gasteiger partial charge in [0.2, 0.25) is 0 Å². The Morgan fingerprint density at radius 1 is 1.50 bits per heavy atom. The minimum atomic E-state index is -0.517. The molecule has 1 aromatic heterocycles. The number of aromatic amines is 1. The maximum atomic E-state index is 11.4. The highest BCUT2D eigenvalue weighted by molar-refractivity contribution is 5.55. The van der Waals surface area contributed by atoms with Crippen molar-refractivity contribution in [2.24, 2.45) is 0 Å². The van der Waals surface area contributed by atoms with Crippen LogP contribution < -0.4 is 11.2 Å². The van der Waals surface area contributed by atoms with Crippen molar-refractivity contribution >= 4 is 5.76 Å². The molecule has 0 amide bonds. The predicted octanol–water partition coefficient (Wildman–Crippen LogP) is 2.64. The lowest BCUT2D eigenvalue weighted by atomic mass is 10.2. The van der Waals surface area contributed by atoms with Gasteiger partial charge in [-0.25, -0.2) is 4.79 Å². The van der Waals surface area contributed by atoms with Gasteiger partial charge < -0.3 is 9.30 Å². The van der Waals surface area contributed by atoms with E-state index >= 15 is 0 Å². The largest absolute Gasteiger partial charge is 0.465 e. The quantitative estimate of drug-likeness (QED) is 0.862. The molecule has 6 nitrogen and oxygen atoms in total. The molecule has 0 aliphatic heterocycles. The van der Waals surface area contributed by atoms with E-state index in [4.69, 9.17) is 10.00 Å². The Kier molecular flexibility index (Phi) is 7.52. The number of allylic oxidation sites excluding steroid dienone is 6. The van der Waals surface area contributed by atoms with Crippen LogP contribution >= 0.6 is 0 Å². The summed E-state index contributed by atoms with van der Waals surface area (Å²) in [6, 6.07) is 2.08. The maximum absolute atomic E-state index is 11.4. The molecule has 0 bridgehead atoms. The lowest BCUT2D eigenvalue weighted by Gasteiger charge is -2.06. The molecule has 0 spiro atoms. The molecule has 0 radical (unpaired) electrons. The molecule has 124 valence electrons. The molecule has 24 heavy (non-hydrogen) atoms. The number of rotatable bonds is 4. The second kappa shape index (κ2) is 9.64. The molecule has 0 fully saturated rings. The van der Waals surface area contributed by atoms with E-state index in [2.05, 4.69) is 24.2 Å². The van der Waals surface area contributed by atoms with Crippen LogP contribution in [0.2, 0.25) is 0 Å². The predicted molar refractivity (Wildman–Crippen MR) is 93.9 cm³/mol. The monoisotopic (exact) mass is 325 g/mol. The second-order valence-corrected chi connectivity index (χ2v) is 4.59. The van der Waals surface area contributed by atoms with E-state index in [-0.39, 0.29) is 11.3 Å². The van der Waals surface area contributed by atoms with Crippen LogP contribution in [0.4, 0.5) is 0 Å². The molecule has 1 heterocycles. The summed E-state index contributed by atoms with van der Waals surface area (Å²) in [4.78, 5) is 24.8. The fourth-order valence-corrected chi connectivity index (χ4v) is 1.77. The molecule has 1 N–H and O–H groups in total. The fraction of sp³-hybridized carbons (Fsp3) is 0.167. The summed E-state index contributed by atoms with van der Waals surface area (Å²) in [6.45, 7) is 9.16. The first-order valence-corrected chi connectivity index (χ1v) is 7.27. The highest BCUT2D eigenvalue weighted by Crippen LogP contribution is 2.07. The summed E-state index contributed by atoms with van der Waals surface area (Å²) in [5.41, 5.74) is 0.00514. The zero-order valence-electron chi connectivity index (χ0n) is 13.5. The molecule has 6 heteroatoms. The van der Waals surface area contributed by atoms with Gasteiger partial charge in [-0.1, -0.05) is 37.5 Å². The van der Waals surface area contributed by atoms with Crippen LogP contribution in [0.5, 0.6) is 0 Å². The number of aromatic nitrogens is 2. The van der Waals surface area contributed by atoms with Gasteiger partial charge in [0.25, 0.3) is 5.56 Å². The van der Waals surface area contributed by atoms with Gasteiger partial charge in [0.05, 0.1) is 17.9 Å². The second-order valence-electron chi connectivity index (χ2n) is 4.59. The molecule has 1 aromatic rings. The lowest BCUT2D eigenvalue weighted by molar-refractivity contribution is 0.438. The Labute approximate surface area is 140 Å². The van der Waals surface area contributed by atoms with Crippen molar-refractivity contribution in [3.63, 3.8) is 0 Å². The molecule has 1 aliphatic rings. The van der Waals surface area contributed by atoms with Gasteiger partial charge in [-0.3, -0.25) is 9.78 Å². The van der Waals surface area contributed by atoms with Gasteiger partial charge in [0.1, 0.15) is 5.76 Å². The van der Waals surface area contributed by atoms with E-state index in [1.165, 1.54) is 17.0 Å². The SMILES string of the molecule is C=COC(=C)c1cn(CC)c(=O)[nH]c1=O.N#CC1=CCC=CC=C1. The fourth-order valence-electron chi connectivity index (χ4n) is 1.77. The van der Waals surface area contributed by atoms with Crippen LogP contribution in [-0.4, -0.2) is 9.55 Å². The van der Waals surface area contributed by atoms with E-state index in [0.29, 0.717) is 6.54 Å². The topological polar surface area (TPSA) is 87.9 Å². The minimum absolute atomic E-state index is 0.161. The number of nitriles is 1.